The Morgan fingerprint density at radius 1 is 0.460 bits per heavy atom. The summed E-state index contributed by atoms with van der Waals surface area (Å²) < 4.78 is 13.9. The van der Waals surface area contributed by atoms with Crippen molar-refractivity contribution in [3.63, 3.8) is 0 Å². The minimum Gasteiger partial charge on any atom is -0.457 e. The van der Waals surface area contributed by atoms with Gasteiger partial charge in [0.2, 0.25) is 0 Å². The molecule has 2 aromatic heterocycles. The van der Waals surface area contributed by atoms with Gasteiger partial charge >= 0.3 is 0 Å². The summed E-state index contributed by atoms with van der Waals surface area (Å²) >= 11 is 0. The molecule has 12 aromatic rings. The van der Waals surface area contributed by atoms with E-state index in [1.165, 1.54) is 16.3 Å². The highest BCUT2D eigenvalue weighted by molar-refractivity contribution is 6.28. The van der Waals surface area contributed by atoms with E-state index in [1.54, 1.807) is 0 Å². The Morgan fingerprint density at radius 3 is 1.86 bits per heavy atom. The zero-order valence-corrected chi connectivity index (χ0v) is 34.1. The largest absolute Gasteiger partial charge is 0.457 e. The standard InChI is InChI=1S/C59H36N2O2/c1-35-48(30-38-16-2-3-17-39(38)31-49-42-20-8-4-14-36(42)26-28-54(49)62-35)52-34-53(61-59(60-52)50-32-40-18-6-9-21-43(40)46-24-12-13-25-47(46)50)51-33-41-19-7-11-23-45(41)57-56-44-22-10-5-15-37(44)27-29-55(56)63-58(51)57/h2-30,32-34H,1,31H2/b48-30+. The highest BCUT2D eigenvalue weighted by Crippen LogP contribution is 2.45. The van der Waals surface area contributed by atoms with Crippen molar-refractivity contribution in [3.8, 4) is 28.4 Å². The van der Waals surface area contributed by atoms with Crippen LogP contribution in [0.3, 0.4) is 0 Å². The number of ether oxygens (including phenoxy) is 1. The van der Waals surface area contributed by atoms with Gasteiger partial charge in [0.1, 0.15) is 22.7 Å². The molecule has 294 valence electrons. The Morgan fingerprint density at radius 2 is 1.05 bits per heavy atom. The van der Waals surface area contributed by atoms with Gasteiger partial charge in [-0.15, -0.1) is 0 Å². The van der Waals surface area contributed by atoms with Crippen molar-refractivity contribution in [3.05, 3.63) is 223 Å². The molecule has 0 spiro atoms. The summed E-state index contributed by atoms with van der Waals surface area (Å²) in [5.74, 6) is 1.88. The van der Waals surface area contributed by atoms with E-state index in [-0.39, 0.29) is 0 Å². The van der Waals surface area contributed by atoms with E-state index in [9.17, 15) is 0 Å². The second-order valence-electron chi connectivity index (χ2n) is 16.5. The maximum absolute atomic E-state index is 6.99. The molecule has 0 amide bonds. The lowest BCUT2D eigenvalue weighted by Crippen LogP contribution is -2.04. The summed E-state index contributed by atoms with van der Waals surface area (Å²) in [5, 5.41) is 13.6. The van der Waals surface area contributed by atoms with E-state index in [0.29, 0.717) is 23.7 Å². The molecule has 3 heterocycles. The number of benzene rings is 10. The van der Waals surface area contributed by atoms with Crippen LogP contribution in [0, 0.1) is 0 Å². The highest BCUT2D eigenvalue weighted by Gasteiger charge is 2.24. The molecule has 4 nitrogen and oxygen atoms in total. The average molecular weight is 805 g/mol. The molecule has 4 heteroatoms. The Bertz CT molecular complexity index is 3950. The average Bonchev–Trinajstić information content (AvgIpc) is 3.76. The first-order valence-corrected chi connectivity index (χ1v) is 21.4. The SMILES string of the molecule is C=C1Oc2ccc3ccccc3c2Cc2ccccc2/C=C\1c1cc(-c2cc3ccccc3c3c2oc2ccc4ccccc4c23)nc(-c2cc3ccccc3c3ccccc23)n1. The Labute approximate surface area is 362 Å². The van der Waals surface area contributed by atoms with E-state index < -0.39 is 0 Å². The van der Waals surface area contributed by atoms with Crippen LogP contribution in [0.2, 0.25) is 0 Å². The quantitative estimate of drug-likeness (QED) is 0.167. The van der Waals surface area contributed by atoms with Crippen LogP contribution in [0.25, 0.3) is 110 Å². The molecule has 1 aliphatic rings. The maximum atomic E-state index is 6.99. The molecule has 10 aromatic carbocycles. The Balaban J connectivity index is 1.12. The smallest absolute Gasteiger partial charge is 0.161 e. The van der Waals surface area contributed by atoms with Gasteiger partial charge in [0.05, 0.1) is 11.4 Å². The summed E-state index contributed by atoms with van der Waals surface area (Å²) in [7, 11) is 0. The van der Waals surface area contributed by atoms with Crippen LogP contribution in [-0.2, 0) is 6.42 Å². The van der Waals surface area contributed by atoms with Crippen molar-refractivity contribution in [1.82, 2.24) is 9.97 Å². The molecule has 0 saturated carbocycles. The number of hydrogen-bond donors (Lipinski definition) is 0. The van der Waals surface area contributed by atoms with Crippen LogP contribution < -0.4 is 4.74 Å². The Hall–Kier alpha value is -8.34. The molecule has 0 saturated heterocycles. The minimum atomic E-state index is 0.501. The van der Waals surface area contributed by atoms with Gasteiger partial charge in [-0.3, -0.25) is 0 Å². The van der Waals surface area contributed by atoms with Gasteiger partial charge < -0.3 is 9.15 Å². The second kappa shape index (κ2) is 13.8. The molecule has 0 atom stereocenters. The number of rotatable bonds is 3. The van der Waals surface area contributed by atoms with Gasteiger partial charge in [-0.25, -0.2) is 9.97 Å². The summed E-state index contributed by atoms with van der Waals surface area (Å²) in [4.78, 5) is 11.1. The van der Waals surface area contributed by atoms with Crippen LogP contribution >= 0.6 is 0 Å². The van der Waals surface area contributed by atoms with E-state index in [2.05, 4.69) is 201 Å². The van der Waals surface area contributed by atoms with Crippen LogP contribution in [0.1, 0.15) is 22.4 Å². The van der Waals surface area contributed by atoms with Crippen LogP contribution in [-0.4, -0.2) is 9.97 Å². The van der Waals surface area contributed by atoms with Gasteiger partial charge in [-0.2, -0.15) is 0 Å². The number of allylic oxidation sites excluding steroid dienone is 1. The third-order valence-corrected chi connectivity index (χ3v) is 12.9. The van der Waals surface area contributed by atoms with E-state index >= 15 is 0 Å². The second-order valence-corrected chi connectivity index (χ2v) is 16.5. The number of aromatic nitrogens is 2. The first-order valence-electron chi connectivity index (χ1n) is 21.4. The molecular formula is C59H36N2O2. The van der Waals surface area contributed by atoms with Crippen molar-refractivity contribution in [2.24, 2.45) is 0 Å². The van der Waals surface area contributed by atoms with E-state index in [4.69, 9.17) is 19.1 Å². The lowest BCUT2D eigenvalue weighted by atomic mass is 9.93. The molecule has 0 aliphatic carbocycles. The highest BCUT2D eigenvalue weighted by atomic mass is 16.5. The van der Waals surface area contributed by atoms with Gasteiger partial charge in [-0.1, -0.05) is 164 Å². The number of hydrogen-bond acceptors (Lipinski definition) is 4. The molecular weight excluding hydrogens is 769 g/mol. The fourth-order valence-electron chi connectivity index (χ4n) is 9.92. The predicted molar refractivity (Wildman–Crippen MR) is 261 cm³/mol. The van der Waals surface area contributed by atoms with Crippen molar-refractivity contribution < 1.29 is 9.15 Å². The minimum absolute atomic E-state index is 0.501. The monoisotopic (exact) mass is 804 g/mol. The zero-order chi connectivity index (χ0) is 41.6. The zero-order valence-electron chi connectivity index (χ0n) is 34.1. The topological polar surface area (TPSA) is 48.2 Å². The fourth-order valence-corrected chi connectivity index (χ4v) is 9.92. The summed E-state index contributed by atoms with van der Waals surface area (Å²) in [6.07, 6.45) is 2.88. The van der Waals surface area contributed by atoms with Crippen LogP contribution in [0.5, 0.6) is 5.75 Å². The maximum Gasteiger partial charge on any atom is 0.161 e. The molecule has 0 N–H and O–H groups in total. The van der Waals surface area contributed by atoms with Gasteiger partial charge in [0.25, 0.3) is 0 Å². The number of nitrogens with zero attached hydrogens (tertiary/aromatic N) is 2. The molecule has 0 fully saturated rings. The van der Waals surface area contributed by atoms with Gasteiger partial charge in [0.15, 0.2) is 5.82 Å². The molecule has 63 heavy (non-hydrogen) atoms. The van der Waals surface area contributed by atoms with Crippen molar-refractivity contribution in [2.45, 2.75) is 6.42 Å². The lowest BCUT2D eigenvalue weighted by Gasteiger charge is -2.17. The molecule has 0 radical (unpaired) electrons. The first-order chi connectivity index (χ1) is 31.1. The third kappa shape index (κ3) is 5.62. The summed E-state index contributed by atoms with van der Waals surface area (Å²) in [6.45, 7) is 4.64. The molecule has 0 bridgehead atoms. The first kappa shape index (κ1) is 35.4. The molecule has 13 rings (SSSR count). The van der Waals surface area contributed by atoms with Gasteiger partial charge in [-0.05, 0) is 101 Å². The normalized spacial score (nSPS) is 13.8. The van der Waals surface area contributed by atoms with Crippen molar-refractivity contribution in [1.29, 1.82) is 0 Å². The third-order valence-electron chi connectivity index (χ3n) is 12.9. The van der Waals surface area contributed by atoms with E-state index in [1.807, 2.05) is 0 Å². The Kier molecular flexibility index (Phi) is 7.79. The van der Waals surface area contributed by atoms with Crippen LogP contribution in [0.4, 0.5) is 0 Å². The summed E-state index contributed by atoms with van der Waals surface area (Å²) in [6, 6.07) is 66.2. The fraction of sp³-hybridized carbons (Fsp3) is 0.0169. The molecule has 1 aliphatic heterocycles. The van der Waals surface area contributed by atoms with Crippen LogP contribution in [0.15, 0.2) is 205 Å². The van der Waals surface area contributed by atoms with E-state index in [0.717, 1.165) is 104 Å². The summed E-state index contributed by atoms with van der Waals surface area (Å²) in [5.41, 5.74) is 9.02. The van der Waals surface area contributed by atoms with Crippen molar-refractivity contribution >= 4 is 87.4 Å². The van der Waals surface area contributed by atoms with Gasteiger partial charge in [0, 0.05) is 39.5 Å². The van der Waals surface area contributed by atoms with Crippen molar-refractivity contribution in [2.75, 3.05) is 0 Å². The molecule has 0 unspecified atom stereocenters. The predicted octanol–water partition coefficient (Wildman–Crippen LogP) is 15.5. The number of furan rings is 1. The lowest BCUT2D eigenvalue weighted by molar-refractivity contribution is 0.448. The number of fused-ring (bicyclic) bond motifs is 14.